The number of nitrogens with one attached hydrogen (secondary N) is 1. The summed E-state index contributed by atoms with van der Waals surface area (Å²) in [5.74, 6) is -0.860. The number of carbonyl (C=O) groups is 2. The summed E-state index contributed by atoms with van der Waals surface area (Å²) in [7, 11) is 1.32. The molecule has 1 unspecified atom stereocenters. The van der Waals surface area contributed by atoms with E-state index in [0.717, 1.165) is 11.3 Å². The van der Waals surface area contributed by atoms with Gasteiger partial charge in [0.2, 0.25) is 5.91 Å². The van der Waals surface area contributed by atoms with Crippen molar-refractivity contribution in [1.29, 1.82) is 0 Å². The minimum atomic E-state index is -0.368. The minimum absolute atomic E-state index is 0.108. The minimum Gasteiger partial charge on any atom is -0.469 e. The highest BCUT2D eigenvalue weighted by molar-refractivity contribution is 5.97. The van der Waals surface area contributed by atoms with Crippen LogP contribution in [0.1, 0.15) is 12.0 Å². The second-order valence-corrected chi connectivity index (χ2v) is 3.70. The fraction of sp³-hybridized carbons (Fsp3) is 0.364. The molecule has 1 aromatic rings. The largest absolute Gasteiger partial charge is 0.469 e. The summed E-state index contributed by atoms with van der Waals surface area (Å²) in [4.78, 5) is 26.8. The van der Waals surface area contributed by atoms with Gasteiger partial charge in [0.1, 0.15) is 0 Å². The van der Waals surface area contributed by atoms with Crippen LogP contribution >= 0.6 is 0 Å². The van der Waals surface area contributed by atoms with Gasteiger partial charge in [-0.15, -0.1) is 0 Å². The number of pyridine rings is 1. The number of ether oxygens (including phenoxy) is 1. The monoisotopic (exact) mass is 220 g/mol. The summed E-state index contributed by atoms with van der Waals surface area (Å²) in [5, 5.41) is 2.75. The van der Waals surface area contributed by atoms with E-state index in [0.29, 0.717) is 6.42 Å². The van der Waals surface area contributed by atoms with Crippen LogP contribution in [-0.4, -0.2) is 24.0 Å². The van der Waals surface area contributed by atoms with E-state index >= 15 is 0 Å². The van der Waals surface area contributed by atoms with Crippen molar-refractivity contribution in [1.82, 2.24) is 4.98 Å². The van der Waals surface area contributed by atoms with Crippen LogP contribution in [0.4, 0.5) is 5.69 Å². The summed E-state index contributed by atoms with van der Waals surface area (Å²) in [6.45, 7) is 0. The van der Waals surface area contributed by atoms with Crippen molar-refractivity contribution < 1.29 is 14.3 Å². The van der Waals surface area contributed by atoms with Gasteiger partial charge in [0.15, 0.2) is 0 Å². The van der Waals surface area contributed by atoms with Crippen molar-refractivity contribution >= 4 is 17.6 Å². The van der Waals surface area contributed by atoms with Gasteiger partial charge in [-0.3, -0.25) is 14.6 Å². The van der Waals surface area contributed by atoms with Gasteiger partial charge in [0.25, 0.3) is 0 Å². The molecule has 2 rings (SSSR count). The number of methoxy groups -OCH3 is 1. The van der Waals surface area contributed by atoms with E-state index in [1.54, 1.807) is 18.5 Å². The predicted octanol–water partition coefficient (Wildman–Crippen LogP) is 0.755. The second-order valence-electron chi connectivity index (χ2n) is 3.70. The number of nitrogens with zero attached hydrogens (tertiary/aromatic N) is 1. The Balaban J connectivity index is 2.15. The average molecular weight is 220 g/mol. The lowest BCUT2D eigenvalue weighted by Gasteiger charge is -2.23. The molecule has 84 valence electrons. The first kappa shape index (κ1) is 10.6. The molecule has 0 saturated carbocycles. The van der Waals surface area contributed by atoms with Crippen LogP contribution < -0.4 is 5.32 Å². The maximum absolute atomic E-state index is 11.7. The molecule has 0 spiro atoms. The topological polar surface area (TPSA) is 68.3 Å². The lowest BCUT2D eigenvalue weighted by Crippen LogP contribution is -2.31. The number of anilines is 1. The zero-order valence-electron chi connectivity index (χ0n) is 8.90. The van der Waals surface area contributed by atoms with Crippen LogP contribution in [0.25, 0.3) is 0 Å². The Kier molecular flexibility index (Phi) is 2.85. The maximum atomic E-state index is 11.7. The van der Waals surface area contributed by atoms with Gasteiger partial charge in [0.05, 0.1) is 19.4 Å². The molecule has 0 aliphatic carbocycles. The SMILES string of the molecule is COC(=O)CC1Cc2cnccc2NC1=O. The number of hydrogen-bond acceptors (Lipinski definition) is 4. The molecule has 0 bridgehead atoms. The number of aromatic nitrogens is 1. The van der Waals surface area contributed by atoms with Crippen molar-refractivity contribution in [2.45, 2.75) is 12.8 Å². The van der Waals surface area contributed by atoms with E-state index in [-0.39, 0.29) is 24.2 Å². The van der Waals surface area contributed by atoms with Crippen molar-refractivity contribution in [3.8, 4) is 0 Å². The highest BCUT2D eigenvalue weighted by atomic mass is 16.5. The third-order valence-electron chi connectivity index (χ3n) is 2.64. The fourth-order valence-electron chi connectivity index (χ4n) is 1.75. The highest BCUT2D eigenvalue weighted by Gasteiger charge is 2.28. The van der Waals surface area contributed by atoms with E-state index in [2.05, 4.69) is 15.0 Å². The predicted molar refractivity (Wildman–Crippen MR) is 56.7 cm³/mol. The Morgan fingerprint density at radius 3 is 3.25 bits per heavy atom. The first-order valence-corrected chi connectivity index (χ1v) is 5.01. The average Bonchev–Trinajstić information content (AvgIpc) is 2.30. The number of amides is 1. The maximum Gasteiger partial charge on any atom is 0.306 e. The van der Waals surface area contributed by atoms with Gasteiger partial charge in [0, 0.05) is 18.1 Å². The van der Waals surface area contributed by atoms with E-state index in [9.17, 15) is 9.59 Å². The molecule has 0 aromatic carbocycles. The molecule has 1 amide bonds. The van der Waals surface area contributed by atoms with Crippen LogP contribution in [0, 0.1) is 5.92 Å². The van der Waals surface area contributed by atoms with Gasteiger partial charge in [-0.05, 0) is 18.1 Å². The highest BCUT2D eigenvalue weighted by Crippen LogP contribution is 2.26. The molecular weight excluding hydrogens is 208 g/mol. The standard InChI is InChI=1S/C11H12N2O3/c1-16-10(14)5-7-4-8-6-12-3-2-9(8)13-11(7)15/h2-3,6-7H,4-5H2,1H3,(H,13,15). The van der Waals surface area contributed by atoms with Crippen LogP contribution in [0.15, 0.2) is 18.5 Å². The van der Waals surface area contributed by atoms with Crippen LogP contribution in [0.5, 0.6) is 0 Å². The molecule has 1 atom stereocenters. The molecule has 1 aliphatic rings. The van der Waals surface area contributed by atoms with Crippen molar-refractivity contribution in [3.63, 3.8) is 0 Å². The number of rotatable bonds is 2. The van der Waals surface area contributed by atoms with Gasteiger partial charge in [-0.25, -0.2) is 0 Å². The van der Waals surface area contributed by atoms with Crippen LogP contribution in [0.2, 0.25) is 0 Å². The van der Waals surface area contributed by atoms with Gasteiger partial charge >= 0.3 is 5.97 Å². The number of fused-ring (bicyclic) bond motifs is 1. The Hall–Kier alpha value is -1.91. The summed E-state index contributed by atoms with van der Waals surface area (Å²) in [5.41, 5.74) is 1.73. The van der Waals surface area contributed by atoms with Gasteiger partial charge < -0.3 is 10.1 Å². The molecule has 0 radical (unpaired) electrons. The molecule has 1 aliphatic heterocycles. The molecule has 16 heavy (non-hydrogen) atoms. The smallest absolute Gasteiger partial charge is 0.306 e. The van der Waals surface area contributed by atoms with Crippen molar-refractivity contribution in [3.05, 3.63) is 24.0 Å². The fourth-order valence-corrected chi connectivity index (χ4v) is 1.75. The van der Waals surface area contributed by atoms with Crippen LogP contribution in [0.3, 0.4) is 0 Å². The number of hydrogen-bond donors (Lipinski definition) is 1. The Bertz CT molecular complexity index is 431. The summed E-state index contributed by atoms with van der Waals surface area (Å²) < 4.78 is 4.55. The van der Waals surface area contributed by atoms with Crippen LogP contribution in [-0.2, 0) is 20.7 Å². The molecule has 2 heterocycles. The quantitative estimate of drug-likeness (QED) is 0.747. The van der Waals surface area contributed by atoms with Gasteiger partial charge in [-0.2, -0.15) is 0 Å². The first-order chi connectivity index (χ1) is 7.70. The Morgan fingerprint density at radius 2 is 2.50 bits per heavy atom. The second kappa shape index (κ2) is 4.30. The van der Waals surface area contributed by atoms with E-state index < -0.39 is 0 Å². The zero-order valence-corrected chi connectivity index (χ0v) is 8.90. The molecule has 1 N–H and O–H groups in total. The third-order valence-corrected chi connectivity index (χ3v) is 2.64. The molecule has 0 fully saturated rings. The number of carbonyl (C=O) groups excluding carboxylic acids is 2. The lowest BCUT2D eigenvalue weighted by molar-refractivity contribution is -0.143. The van der Waals surface area contributed by atoms with Gasteiger partial charge in [-0.1, -0.05) is 0 Å². The zero-order chi connectivity index (χ0) is 11.5. The molecule has 5 nitrogen and oxygen atoms in total. The normalized spacial score (nSPS) is 18.6. The third kappa shape index (κ3) is 2.03. The summed E-state index contributed by atoms with van der Waals surface area (Å²) in [6.07, 6.45) is 3.97. The first-order valence-electron chi connectivity index (χ1n) is 5.01. The summed E-state index contributed by atoms with van der Waals surface area (Å²) in [6, 6.07) is 1.75. The Labute approximate surface area is 92.8 Å². The van der Waals surface area contributed by atoms with E-state index in [1.165, 1.54) is 7.11 Å². The molecule has 1 aromatic heterocycles. The molecule has 5 heteroatoms. The number of esters is 1. The molecular formula is C11H12N2O3. The van der Waals surface area contributed by atoms with E-state index in [4.69, 9.17) is 0 Å². The Morgan fingerprint density at radius 1 is 1.69 bits per heavy atom. The van der Waals surface area contributed by atoms with Crippen molar-refractivity contribution in [2.75, 3.05) is 12.4 Å². The lowest BCUT2D eigenvalue weighted by atomic mass is 9.92. The van der Waals surface area contributed by atoms with E-state index in [1.807, 2.05) is 0 Å². The summed E-state index contributed by atoms with van der Waals surface area (Å²) >= 11 is 0. The van der Waals surface area contributed by atoms with Crippen molar-refractivity contribution in [2.24, 2.45) is 5.92 Å². The molecule has 0 saturated heterocycles.